The van der Waals surface area contributed by atoms with E-state index >= 15 is 0 Å². The highest BCUT2D eigenvalue weighted by Crippen LogP contribution is 2.35. The molecule has 0 atom stereocenters. The molecule has 0 radical (unpaired) electrons. The number of sulfonamides is 1. The van der Waals surface area contributed by atoms with Crippen molar-refractivity contribution in [2.45, 2.75) is 28.5 Å². The number of aryl methyl sites for hydroxylation is 2. The number of hydrogen-bond donors (Lipinski definition) is 2. The first-order valence-corrected chi connectivity index (χ1v) is 12.9. The zero-order valence-corrected chi connectivity index (χ0v) is 21.4. The lowest BCUT2D eigenvalue weighted by Gasteiger charge is -2.17. The van der Waals surface area contributed by atoms with Gasteiger partial charge in [0.25, 0.3) is 17.5 Å². The van der Waals surface area contributed by atoms with Crippen molar-refractivity contribution in [3.63, 3.8) is 0 Å². The number of likely N-dealkylation sites (N-methyl/N-ethyl adjacent to an activating group) is 1. The molecule has 0 unspecified atom stereocenters. The van der Waals surface area contributed by atoms with Gasteiger partial charge < -0.3 is 0 Å². The van der Waals surface area contributed by atoms with Crippen molar-refractivity contribution in [2.24, 2.45) is 0 Å². The molecule has 12 heteroatoms. The third-order valence-corrected chi connectivity index (χ3v) is 7.97. The summed E-state index contributed by atoms with van der Waals surface area (Å²) in [6.45, 7) is 3.20. The molecule has 3 aromatic carbocycles. The van der Waals surface area contributed by atoms with Crippen molar-refractivity contribution in [1.29, 1.82) is 0 Å². The highest BCUT2D eigenvalue weighted by Gasteiger charge is 2.23. The molecule has 2 amide bonds. The molecule has 0 aliphatic rings. The number of amides is 2. The fraction of sp³-hybridized carbons (Fsp3) is 0.167. The predicted molar refractivity (Wildman–Crippen MR) is 135 cm³/mol. The molecule has 0 aliphatic carbocycles. The van der Waals surface area contributed by atoms with E-state index in [1.54, 1.807) is 12.1 Å². The fourth-order valence-corrected chi connectivity index (χ4v) is 5.06. The second-order valence-electron chi connectivity index (χ2n) is 7.93. The van der Waals surface area contributed by atoms with Crippen LogP contribution in [0.1, 0.15) is 21.5 Å². The second kappa shape index (κ2) is 11.3. The Morgan fingerprint density at radius 3 is 2.11 bits per heavy atom. The molecule has 10 nitrogen and oxygen atoms in total. The normalized spacial score (nSPS) is 11.2. The van der Waals surface area contributed by atoms with Crippen molar-refractivity contribution < 1.29 is 22.9 Å². The summed E-state index contributed by atoms with van der Waals surface area (Å²) in [4.78, 5) is 36.9. The van der Waals surface area contributed by atoms with Gasteiger partial charge in [0.05, 0.1) is 21.3 Å². The van der Waals surface area contributed by atoms with E-state index in [0.717, 1.165) is 26.4 Å². The molecule has 188 valence electrons. The van der Waals surface area contributed by atoms with Crippen molar-refractivity contribution in [2.75, 3.05) is 13.6 Å². The molecule has 0 aliphatic heterocycles. The fourth-order valence-electron chi connectivity index (χ4n) is 3.04. The predicted octanol–water partition coefficient (Wildman–Crippen LogP) is 3.44. The summed E-state index contributed by atoms with van der Waals surface area (Å²) in [7, 11) is -2.67. The number of hydrogen-bond acceptors (Lipinski definition) is 7. The van der Waals surface area contributed by atoms with Crippen LogP contribution in [0.15, 0.2) is 81.4 Å². The van der Waals surface area contributed by atoms with Gasteiger partial charge in [-0.05, 0) is 50.2 Å². The van der Waals surface area contributed by atoms with Crippen LogP contribution < -0.4 is 10.9 Å². The van der Waals surface area contributed by atoms with E-state index in [2.05, 4.69) is 10.9 Å². The van der Waals surface area contributed by atoms with E-state index in [1.807, 2.05) is 38.1 Å². The average molecular weight is 529 g/mol. The van der Waals surface area contributed by atoms with Crippen LogP contribution in [-0.4, -0.2) is 43.1 Å². The van der Waals surface area contributed by atoms with Crippen LogP contribution in [-0.2, 0) is 14.8 Å². The zero-order chi connectivity index (χ0) is 26.5. The summed E-state index contributed by atoms with van der Waals surface area (Å²) in [5, 5.41) is 11.6. The summed E-state index contributed by atoms with van der Waals surface area (Å²) in [6, 6.07) is 17.6. The summed E-state index contributed by atoms with van der Waals surface area (Å²) in [6.07, 6.45) is 0. The Morgan fingerprint density at radius 2 is 1.53 bits per heavy atom. The average Bonchev–Trinajstić information content (AvgIpc) is 2.84. The SMILES string of the molecule is Cc1ccc(Sc2ccc(C(=O)NNC(=O)CN(C)S(=O)(=O)c3ccc(C)cc3)cc2[N+](=O)[O-])cc1. The third-order valence-electron chi connectivity index (χ3n) is 5.08. The highest BCUT2D eigenvalue weighted by molar-refractivity contribution is 7.99. The Bertz CT molecular complexity index is 1390. The van der Waals surface area contributed by atoms with Gasteiger partial charge >= 0.3 is 0 Å². The van der Waals surface area contributed by atoms with Gasteiger partial charge in [0, 0.05) is 23.6 Å². The molecule has 3 rings (SSSR count). The molecular formula is C24H24N4O6S2. The van der Waals surface area contributed by atoms with Crippen LogP contribution in [0.4, 0.5) is 5.69 Å². The number of nitrogens with zero attached hydrogens (tertiary/aromatic N) is 2. The van der Waals surface area contributed by atoms with Gasteiger partial charge in [0.1, 0.15) is 0 Å². The number of nitro benzene ring substituents is 1. The van der Waals surface area contributed by atoms with Gasteiger partial charge in [-0.25, -0.2) is 8.42 Å². The molecule has 0 aromatic heterocycles. The Kier molecular flexibility index (Phi) is 8.45. The maximum absolute atomic E-state index is 12.6. The van der Waals surface area contributed by atoms with Crippen molar-refractivity contribution in [3.05, 3.63) is 93.5 Å². The largest absolute Gasteiger partial charge is 0.284 e. The number of carbonyl (C=O) groups is 2. The van der Waals surface area contributed by atoms with Gasteiger partial charge in [-0.15, -0.1) is 0 Å². The van der Waals surface area contributed by atoms with Crippen LogP contribution in [0.3, 0.4) is 0 Å². The van der Waals surface area contributed by atoms with Gasteiger partial charge in [-0.2, -0.15) is 4.31 Å². The van der Waals surface area contributed by atoms with E-state index in [-0.39, 0.29) is 16.1 Å². The van der Waals surface area contributed by atoms with Crippen LogP contribution in [0.5, 0.6) is 0 Å². The first kappa shape index (κ1) is 26.9. The first-order chi connectivity index (χ1) is 17.0. The van der Waals surface area contributed by atoms with Gasteiger partial charge in [0.2, 0.25) is 10.0 Å². The van der Waals surface area contributed by atoms with Crippen LogP contribution in [0.2, 0.25) is 0 Å². The molecule has 36 heavy (non-hydrogen) atoms. The lowest BCUT2D eigenvalue weighted by molar-refractivity contribution is -0.387. The minimum Gasteiger partial charge on any atom is -0.272 e. The quantitative estimate of drug-likeness (QED) is 0.337. The Morgan fingerprint density at radius 1 is 0.944 bits per heavy atom. The highest BCUT2D eigenvalue weighted by atomic mass is 32.2. The molecule has 2 N–H and O–H groups in total. The maximum atomic E-state index is 12.6. The van der Waals surface area contributed by atoms with Crippen LogP contribution in [0.25, 0.3) is 0 Å². The summed E-state index contributed by atoms with van der Waals surface area (Å²) < 4.78 is 26.1. The lowest BCUT2D eigenvalue weighted by Crippen LogP contribution is -2.46. The molecule has 0 fully saturated rings. The lowest BCUT2D eigenvalue weighted by atomic mass is 10.2. The number of carbonyl (C=O) groups excluding carboxylic acids is 2. The summed E-state index contributed by atoms with van der Waals surface area (Å²) in [5.74, 6) is -1.58. The summed E-state index contributed by atoms with van der Waals surface area (Å²) in [5.41, 5.74) is 5.93. The Hall–Kier alpha value is -3.74. The molecule has 0 heterocycles. The first-order valence-electron chi connectivity index (χ1n) is 10.6. The number of hydrazine groups is 1. The number of rotatable bonds is 8. The topological polar surface area (TPSA) is 139 Å². The molecule has 0 saturated heterocycles. The minimum atomic E-state index is -3.91. The van der Waals surface area contributed by atoms with Crippen LogP contribution >= 0.6 is 11.8 Å². The standard InChI is InChI=1S/C24H24N4O6S2/c1-16-4-9-19(10-5-16)35-22-13-8-18(14-21(22)28(31)32)24(30)26-25-23(29)15-27(3)36(33,34)20-11-6-17(2)7-12-20/h4-14H,15H2,1-3H3,(H,25,29)(H,26,30). The molecule has 0 bridgehead atoms. The van der Waals surface area contributed by atoms with Crippen molar-refractivity contribution >= 4 is 39.3 Å². The van der Waals surface area contributed by atoms with Gasteiger partial charge in [-0.3, -0.25) is 30.6 Å². The van der Waals surface area contributed by atoms with E-state index < -0.39 is 33.3 Å². The van der Waals surface area contributed by atoms with Crippen molar-refractivity contribution in [1.82, 2.24) is 15.2 Å². The Balaban J connectivity index is 1.63. The summed E-state index contributed by atoms with van der Waals surface area (Å²) >= 11 is 1.19. The molecule has 0 saturated carbocycles. The Labute approximate surface area is 212 Å². The second-order valence-corrected chi connectivity index (χ2v) is 11.1. The molecular weight excluding hydrogens is 504 g/mol. The third kappa shape index (κ3) is 6.68. The van der Waals surface area contributed by atoms with Crippen LogP contribution in [0, 0.1) is 24.0 Å². The van der Waals surface area contributed by atoms with Gasteiger partial charge in [-0.1, -0.05) is 47.2 Å². The number of nitro groups is 1. The van der Waals surface area contributed by atoms with E-state index in [1.165, 1.54) is 43.1 Å². The molecule has 0 spiro atoms. The van der Waals surface area contributed by atoms with Gasteiger partial charge in [0.15, 0.2) is 0 Å². The minimum absolute atomic E-state index is 0.0309. The van der Waals surface area contributed by atoms with E-state index in [4.69, 9.17) is 0 Å². The number of benzene rings is 3. The van der Waals surface area contributed by atoms with Crippen molar-refractivity contribution in [3.8, 4) is 0 Å². The van der Waals surface area contributed by atoms with E-state index in [0.29, 0.717) is 4.90 Å². The maximum Gasteiger partial charge on any atom is 0.284 e. The van der Waals surface area contributed by atoms with E-state index in [9.17, 15) is 28.1 Å². The zero-order valence-electron chi connectivity index (χ0n) is 19.7. The monoisotopic (exact) mass is 528 g/mol. The smallest absolute Gasteiger partial charge is 0.272 e. The molecule has 3 aromatic rings. The number of nitrogens with one attached hydrogen (secondary N) is 2.